The molecular formula is C12H16BrN5. The van der Waals surface area contributed by atoms with Gasteiger partial charge in [-0.25, -0.2) is 15.0 Å². The first-order valence-electron chi connectivity index (χ1n) is 6.37. The first kappa shape index (κ1) is 11.9. The van der Waals surface area contributed by atoms with E-state index in [0.29, 0.717) is 6.04 Å². The van der Waals surface area contributed by atoms with Crippen LogP contribution in [0, 0.1) is 0 Å². The summed E-state index contributed by atoms with van der Waals surface area (Å²) in [6.45, 7) is 0.968. The zero-order valence-electron chi connectivity index (χ0n) is 10.1. The molecule has 1 fully saturated rings. The molecule has 0 bridgehead atoms. The summed E-state index contributed by atoms with van der Waals surface area (Å²) < 4.78 is 0. The van der Waals surface area contributed by atoms with Crippen molar-refractivity contribution in [3.05, 3.63) is 12.7 Å². The van der Waals surface area contributed by atoms with E-state index in [4.69, 9.17) is 0 Å². The maximum Gasteiger partial charge on any atom is 0.182 e. The molecule has 0 radical (unpaired) electrons. The third kappa shape index (κ3) is 2.09. The maximum atomic E-state index is 4.47. The van der Waals surface area contributed by atoms with Crippen molar-refractivity contribution >= 4 is 32.9 Å². The van der Waals surface area contributed by atoms with Crippen molar-refractivity contribution in [3.63, 3.8) is 0 Å². The number of anilines is 1. The molecule has 1 saturated carbocycles. The summed E-state index contributed by atoms with van der Waals surface area (Å²) in [6.07, 6.45) is 8.44. The Morgan fingerprint density at radius 3 is 2.89 bits per heavy atom. The van der Waals surface area contributed by atoms with Crippen LogP contribution in [0.1, 0.15) is 25.7 Å². The second kappa shape index (κ2) is 5.22. The first-order valence-corrected chi connectivity index (χ1v) is 7.49. The molecule has 1 N–H and O–H groups in total. The Morgan fingerprint density at radius 1 is 1.28 bits per heavy atom. The molecule has 0 atom stereocenters. The van der Waals surface area contributed by atoms with E-state index in [-0.39, 0.29) is 0 Å². The molecule has 5 nitrogen and oxygen atoms in total. The lowest BCUT2D eigenvalue weighted by Gasteiger charge is -2.29. The number of aromatic amines is 1. The molecule has 0 saturated heterocycles. The highest BCUT2D eigenvalue weighted by molar-refractivity contribution is 9.09. The van der Waals surface area contributed by atoms with Crippen LogP contribution in [0.5, 0.6) is 0 Å². The van der Waals surface area contributed by atoms with Crippen LogP contribution in [0.3, 0.4) is 0 Å². The Bertz CT molecular complexity index is 520. The smallest absolute Gasteiger partial charge is 0.182 e. The van der Waals surface area contributed by atoms with Crippen LogP contribution in [0.15, 0.2) is 12.7 Å². The fraction of sp³-hybridized carbons (Fsp3) is 0.583. The van der Waals surface area contributed by atoms with Gasteiger partial charge in [-0.15, -0.1) is 0 Å². The Morgan fingerprint density at radius 2 is 2.11 bits per heavy atom. The zero-order chi connectivity index (χ0) is 12.4. The molecule has 0 aliphatic heterocycles. The van der Waals surface area contributed by atoms with Gasteiger partial charge in [0.05, 0.1) is 6.33 Å². The van der Waals surface area contributed by atoms with Crippen molar-refractivity contribution < 1.29 is 0 Å². The minimum atomic E-state index is 0.601. The molecule has 1 aliphatic carbocycles. The summed E-state index contributed by atoms with van der Waals surface area (Å²) in [5.74, 6) is 0.990. The summed E-state index contributed by atoms with van der Waals surface area (Å²) in [5, 5.41) is 0.948. The normalized spacial score (nSPS) is 16.5. The Kier molecular flexibility index (Phi) is 3.45. The van der Waals surface area contributed by atoms with E-state index in [1.54, 1.807) is 12.7 Å². The monoisotopic (exact) mass is 309 g/mol. The number of rotatable bonds is 4. The number of imidazole rings is 1. The van der Waals surface area contributed by atoms with E-state index >= 15 is 0 Å². The average Bonchev–Trinajstić information content (AvgIpc) is 3.06. The highest BCUT2D eigenvalue weighted by Crippen LogP contribution is 2.29. The SMILES string of the molecule is BrCCN(c1ncnc2nc[nH]c12)C1CCCC1. The van der Waals surface area contributed by atoms with Crippen LogP contribution in [-0.2, 0) is 0 Å². The van der Waals surface area contributed by atoms with Crippen molar-refractivity contribution in [2.75, 3.05) is 16.8 Å². The predicted octanol–water partition coefficient (Wildman–Crippen LogP) is 2.50. The van der Waals surface area contributed by atoms with E-state index in [9.17, 15) is 0 Å². The molecule has 0 aromatic carbocycles. The highest BCUT2D eigenvalue weighted by atomic mass is 79.9. The van der Waals surface area contributed by atoms with Crippen LogP contribution < -0.4 is 4.90 Å². The van der Waals surface area contributed by atoms with Crippen molar-refractivity contribution in [2.45, 2.75) is 31.7 Å². The van der Waals surface area contributed by atoms with E-state index in [1.165, 1.54) is 25.7 Å². The van der Waals surface area contributed by atoms with Gasteiger partial charge in [0.15, 0.2) is 11.5 Å². The number of nitrogens with zero attached hydrogens (tertiary/aromatic N) is 4. The topological polar surface area (TPSA) is 57.7 Å². The average molecular weight is 310 g/mol. The Hall–Kier alpha value is -1.17. The zero-order valence-corrected chi connectivity index (χ0v) is 11.7. The summed E-state index contributed by atoms with van der Waals surface area (Å²) in [6, 6.07) is 0.601. The van der Waals surface area contributed by atoms with Gasteiger partial charge in [0.2, 0.25) is 0 Å². The minimum Gasteiger partial charge on any atom is -0.351 e. The van der Waals surface area contributed by atoms with Crippen molar-refractivity contribution in [1.29, 1.82) is 0 Å². The van der Waals surface area contributed by atoms with E-state index in [0.717, 1.165) is 28.9 Å². The fourth-order valence-corrected chi connectivity index (χ4v) is 3.12. The summed E-state index contributed by atoms with van der Waals surface area (Å²) in [4.78, 5) is 18.4. The van der Waals surface area contributed by atoms with Crippen LogP contribution in [0.4, 0.5) is 5.82 Å². The van der Waals surface area contributed by atoms with Crippen molar-refractivity contribution in [2.24, 2.45) is 0 Å². The van der Waals surface area contributed by atoms with Crippen molar-refractivity contribution in [3.8, 4) is 0 Å². The first-order chi connectivity index (χ1) is 8.90. The number of hydrogen-bond donors (Lipinski definition) is 1. The van der Waals surface area contributed by atoms with Gasteiger partial charge >= 0.3 is 0 Å². The largest absolute Gasteiger partial charge is 0.351 e. The molecule has 2 heterocycles. The molecule has 0 unspecified atom stereocenters. The van der Waals surface area contributed by atoms with Crippen LogP contribution >= 0.6 is 15.9 Å². The van der Waals surface area contributed by atoms with Crippen LogP contribution in [0.2, 0.25) is 0 Å². The Balaban J connectivity index is 2.00. The summed E-state index contributed by atoms with van der Waals surface area (Å²) in [5.41, 5.74) is 1.70. The van der Waals surface area contributed by atoms with Gasteiger partial charge in [-0.3, -0.25) is 0 Å². The fourth-order valence-electron chi connectivity index (χ4n) is 2.74. The molecule has 2 aromatic rings. The number of hydrogen-bond acceptors (Lipinski definition) is 4. The number of aromatic nitrogens is 4. The quantitative estimate of drug-likeness (QED) is 0.882. The highest BCUT2D eigenvalue weighted by Gasteiger charge is 2.25. The number of fused-ring (bicyclic) bond motifs is 1. The molecule has 0 spiro atoms. The molecule has 3 rings (SSSR count). The van der Waals surface area contributed by atoms with Gasteiger partial charge < -0.3 is 9.88 Å². The lowest BCUT2D eigenvalue weighted by molar-refractivity contribution is 0.617. The molecular weight excluding hydrogens is 294 g/mol. The maximum absolute atomic E-state index is 4.47. The van der Waals surface area contributed by atoms with E-state index in [1.807, 2.05) is 0 Å². The van der Waals surface area contributed by atoms with Gasteiger partial charge in [-0.05, 0) is 12.8 Å². The molecule has 96 valence electrons. The van der Waals surface area contributed by atoms with E-state index < -0.39 is 0 Å². The standard InChI is InChI=1S/C12H16BrN5/c13-5-6-18(9-3-1-2-4-9)12-10-11(15-7-14-10)16-8-17-12/h7-9H,1-6H2,(H,14,15,16,17). The van der Waals surface area contributed by atoms with Crippen LogP contribution in [-0.4, -0.2) is 37.9 Å². The molecule has 0 amide bonds. The third-order valence-electron chi connectivity index (χ3n) is 3.57. The number of nitrogens with one attached hydrogen (secondary N) is 1. The van der Waals surface area contributed by atoms with Gasteiger partial charge in [0, 0.05) is 17.9 Å². The lowest BCUT2D eigenvalue weighted by atomic mass is 10.2. The molecule has 2 aromatic heterocycles. The summed E-state index contributed by atoms with van der Waals surface area (Å²) in [7, 11) is 0. The summed E-state index contributed by atoms with van der Waals surface area (Å²) >= 11 is 3.54. The molecule has 6 heteroatoms. The van der Waals surface area contributed by atoms with Crippen molar-refractivity contribution in [1.82, 2.24) is 19.9 Å². The predicted molar refractivity (Wildman–Crippen MR) is 75.1 cm³/mol. The number of alkyl halides is 1. The lowest BCUT2D eigenvalue weighted by Crippen LogP contribution is -2.35. The minimum absolute atomic E-state index is 0.601. The van der Waals surface area contributed by atoms with Gasteiger partial charge in [0.25, 0.3) is 0 Å². The van der Waals surface area contributed by atoms with E-state index in [2.05, 4.69) is 40.8 Å². The second-order valence-corrected chi connectivity index (χ2v) is 5.41. The van der Waals surface area contributed by atoms with Gasteiger partial charge in [-0.2, -0.15) is 0 Å². The molecule has 18 heavy (non-hydrogen) atoms. The van der Waals surface area contributed by atoms with Gasteiger partial charge in [0.1, 0.15) is 11.8 Å². The van der Waals surface area contributed by atoms with Crippen LogP contribution in [0.25, 0.3) is 11.2 Å². The number of halogens is 1. The second-order valence-electron chi connectivity index (χ2n) is 4.62. The third-order valence-corrected chi connectivity index (χ3v) is 3.92. The number of H-pyrrole nitrogens is 1. The molecule has 1 aliphatic rings. The van der Waals surface area contributed by atoms with Gasteiger partial charge in [-0.1, -0.05) is 28.8 Å². The Labute approximate surface area is 114 Å².